The number of likely N-dealkylation sites (tertiary alicyclic amines) is 1. The molecule has 0 bridgehead atoms. The molecule has 9 heteroatoms. The zero-order valence-corrected chi connectivity index (χ0v) is 18.5. The second-order valence-corrected chi connectivity index (χ2v) is 7.70. The maximum atomic E-state index is 12.1. The number of hydrogen-bond donors (Lipinski definition) is 4. The third kappa shape index (κ3) is 8.78. The Balaban J connectivity index is 0.00000210. The van der Waals surface area contributed by atoms with E-state index < -0.39 is 0 Å². The molecule has 0 spiro atoms. The Kier molecular flexibility index (Phi) is 11.3. The summed E-state index contributed by atoms with van der Waals surface area (Å²) >= 11 is 0. The minimum absolute atomic E-state index is 0. The van der Waals surface area contributed by atoms with E-state index in [4.69, 9.17) is 0 Å². The summed E-state index contributed by atoms with van der Waals surface area (Å²) in [5.41, 5.74) is 1.47. The van der Waals surface area contributed by atoms with Gasteiger partial charge >= 0.3 is 6.03 Å². The van der Waals surface area contributed by atoms with Gasteiger partial charge in [0.2, 0.25) is 5.91 Å². The predicted octanol–water partition coefficient (Wildman–Crippen LogP) is 3.07. The zero-order valence-electron chi connectivity index (χ0n) is 16.9. The van der Waals surface area contributed by atoms with E-state index in [1.807, 2.05) is 24.3 Å². The zero-order chi connectivity index (χ0) is 19.1. The fourth-order valence-corrected chi connectivity index (χ4v) is 3.66. The number of halogens is 2. The summed E-state index contributed by atoms with van der Waals surface area (Å²) in [6, 6.07) is 7.32. The summed E-state index contributed by atoms with van der Waals surface area (Å²) in [4.78, 5) is 26.5. The second kappa shape index (κ2) is 12.9. The van der Waals surface area contributed by atoms with E-state index in [2.05, 4.69) is 33.2 Å². The monoisotopic (exact) mass is 445 g/mol. The van der Waals surface area contributed by atoms with E-state index in [-0.39, 0.29) is 42.8 Å². The van der Waals surface area contributed by atoms with Crippen LogP contribution in [0.25, 0.3) is 0 Å². The number of amides is 3. The van der Waals surface area contributed by atoms with Gasteiger partial charge in [0.25, 0.3) is 0 Å². The van der Waals surface area contributed by atoms with Gasteiger partial charge in [0.1, 0.15) is 0 Å². The highest BCUT2D eigenvalue weighted by Gasteiger charge is 2.18. The average Bonchev–Trinajstić information content (AvgIpc) is 3.17. The van der Waals surface area contributed by atoms with Gasteiger partial charge in [-0.15, -0.1) is 24.8 Å². The molecule has 1 atom stereocenters. The molecule has 1 aromatic carbocycles. The molecule has 2 aliphatic rings. The molecule has 7 nitrogen and oxygen atoms in total. The van der Waals surface area contributed by atoms with E-state index in [9.17, 15) is 9.59 Å². The fraction of sp³-hybridized carbons (Fsp3) is 0.600. The van der Waals surface area contributed by atoms with Crippen molar-refractivity contribution in [3.8, 4) is 0 Å². The van der Waals surface area contributed by atoms with E-state index in [0.717, 1.165) is 63.2 Å². The lowest BCUT2D eigenvalue weighted by Crippen LogP contribution is -2.44. The molecule has 2 fully saturated rings. The number of anilines is 2. The van der Waals surface area contributed by atoms with Crippen molar-refractivity contribution in [3.05, 3.63) is 24.3 Å². The Hall–Kier alpha value is -1.54. The molecule has 3 rings (SSSR count). The molecule has 2 saturated heterocycles. The first-order chi connectivity index (χ1) is 13.1. The smallest absolute Gasteiger partial charge is 0.319 e. The molecule has 0 aliphatic carbocycles. The Morgan fingerprint density at radius 3 is 2.24 bits per heavy atom. The van der Waals surface area contributed by atoms with E-state index in [1.54, 1.807) is 0 Å². The fourth-order valence-electron chi connectivity index (χ4n) is 3.66. The van der Waals surface area contributed by atoms with Crippen LogP contribution in [-0.2, 0) is 4.79 Å². The highest BCUT2D eigenvalue weighted by Crippen LogP contribution is 2.17. The van der Waals surface area contributed by atoms with Crippen molar-refractivity contribution < 1.29 is 9.59 Å². The van der Waals surface area contributed by atoms with Crippen LogP contribution in [0.4, 0.5) is 16.2 Å². The van der Waals surface area contributed by atoms with Gasteiger partial charge in [-0.1, -0.05) is 0 Å². The molecule has 164 valence electrons. The molecular weight excluding hydrogens is 413 g/mol. The van der Waals surface area contributed by atoms with Crippen LogP contribution in [0, 0.1) is 5.92 Å². The molecular formula is C20H33Cl2N5O2. The summed E-state index contributed by atoms with van der Waals surface area (Å²) in [6.45, 7) is 4.10. The van der Waals surface area contributed by atoms with Crippen molar-refractivity contribution in [2.24, 2.45) is 5.92 Å². The summed E-state index contributed by atoms with van der Waals surface area (Å²) in [5.74, 6) is 0.660. The van der Waals surface area contributed by atoms with Crippen LogP contribution in [0.2, 0.25) is 0 Å². The number of hydrogen-bond acceptors (Lipinski definition) is 4. The summed E-state index contributed by atoms with van der Waals surface area (Å²) < 4.78 is 0. The molecule has 29 heavy (non-hydrogen) atoms. The molecule has 1 unspecified atom stereocenters. The van der Waals surface area contributed by atoms with Crippen LogP contribution in [0.1, 0.15) is 32.1 Å². The van der Waals surface area contributed by atoms with Crippen LogP contribution in [-0.4, -0.2) is 56.1 Å². The number of carbonyl (C=O) groups is 2. The standard InChI is InChI=1S/C20H31N5O2.2ClH/c1-25-12-9-18(10-13-25)24-20(27)23-17-5-3-16(4-6-17)22-19(26)7-2-15-8-11-21-14-15;;/h3-6,15,18,21H,2,7-14H2,1H3,(H,22,26)(H2,23,24,27);2*1H. The van der Waals surface area contributed by atoms with Gasteiger partial charge in [-0.2, -0.15) is 0 Å². The Morgan fingerprint density at radius 2 is 1.66 bits per heavy atom. The quantitative estimate of drug-likeness (QED) is 0.541. The Morgan fingerprint density at radius 1 is 1.03 bits per heavy atom. The van der Waals surface area contributed by atoms with Crippen LogP contribution in [0.5, 0.6) is 0 Å². The van der Waals surface area contributed by atoms with Crippen molar-refractivity contribution >= 4 is 48.1 Å². The van der Waals surface area contributed by atoms with E-state index in [0.29, 0.717) is 12.3 Å². The maximum absolute atomic E-state index is 12.1. The molecule has 3 amide bonds. The molecule has 4 N–H and O–H groups in total. The average molecular weight is 446 g/mol. The van der Waals surface area contributed by atoms with Crippen molar-refractivity contribution in [3.63, 3.8) is 0 Å². The molecule has 0 aromatic heterocycles. The number of urea groups is 1. The SMILES string of the molecule is CN1CCC(NC(=O)Nc2ccc(NC(=O)CCC3CCNC3)cc2)CC1.Cl.Cl. The number of nitrogens with one attached hydrogen (secondary N) is 4. The topological polar surface area (TPSA) is 85.5 Å². The largest absolute Gasteiger partial charge is 0.335 e. The van der Waals surface area contributed by atoms with Gasteiger partial charge in [0.15, 0.2) is 0 Å². The van der Waals surface area contributed by atoms with Crippen molar-refractivity contribution in [1.29, 1.82) is 0 Å². The minimum atomic E-state index is -0.175. The third-order valence-electron chi connectivity index (χ3n) is 5.42. The molecule has 2 heterocycles. The first kappa shape index (κ1) is 25.5. The molecule has 1 aromatic rings. The lowest BCUT2D eigenvalue weighted by molar-refractivity contribution is -0.116. The van der Waals surface area contributed by atoms with Gasteiger partial charge in [0, 0.05) is 23.8 Å². The number of piperidine rings is 1. The summed E-state index contributed by atoms with van der Waals surface area (Å²) in [5, 5.41) is 12.1. The van der Waals surface area contributed by atoms with Gasteiger partial charge in [-0.3, -0.25) is 4.79 Å². The third-order valence-corrected chi connectivity index (χ3v) is 5.42. The Bertz CT molecular complexity index is 630. The predicted molar refractivity (Wildman–Crippen MR) is 122 cm³/mol. The van der Waals surface area contributed by atoms with Crippen LogP contribution < -0.4 is 21.3 Å². The van der Waals surface area contributed by atoms with Gasteiger partial charge in [0.05, 0.1) is 0 Å². The number of nitrogens with zero attached hydrogens (tertiary/aromatic N) is 1. The lowest BCUT2D eigenvalue weighted by atomic mass is 10.0. The van der Waals surface area contributed by atoms with Crippen LogP contribution in [0.15, 0.2) is 24.3 Å². The first-order valence-electron chi connectivity index (χ1n) is 9.95. The Labute approximate surface area is 185 Å². The van der Waals surface area contributed by atoms with Gasteiger partial charge in [-0.05, 0) is 89.1 Å². The van der Waals surface area contributed by atoms with Crippen LogP contribution in [0.3, 0.4) is 0 Å². The van der Waals surface area contributed by atoms with E-state index in [1.165, 1.54) is 0 Å². The number of benzene rings is 1. The van der Waals surface area contributed by atoms with Crippen LogP contribution >= 0.6 is 24.8 Å². The first-order valence-corrected chi connectivity index (χ1v) is 9.95. The molecule has 0 radical (unpaired) electrons. The van der Waals surface area contributed by atoms with E-state index >= 15 is 0 Å². The molecule has 2 aliphatic heterocycles. The van der Waals surface area contributed by atoms with Crippen molar-refractivity contribution in [2.75, 3.05) is 43.9 Å². The summed E-state index contributed by atoms with van der Waals surface area (Å²) in [6.07, 6.45) is 4.59. The van der Waals surface area contributed by atoms with Gasteiger partial charge in [-0.25, -0.2) is 4.79 Å². The van der Waals surface area contributed by atoms with Gasteiger partial charge < -0.3 is 26.2 Å². The normalized spacial score (nSPS) is 19.6. The highest BCUT2D eigenvalue weighted by atomic mass is 35.5. The number of carbonyl (C=O) groups excluding carboxylic acids is 2. The number of rotatable bonds is 6. The molecule has 0 saturated carbocycles. The summed E-state index contributed by atoms with van der Waals surface area (Å²) in [7, 11) is 2.10. The highest BCUT2D eigenvalue weighted by molar-refractivity contribution is 5.92. The van der Waals surface area contributed by atoms with Crippen molar-refractivity contribution in [2.45, 2.75) is 38.1 Å². The maximum Gasteiger partial charge on any atom is 0.319 e. The minimum Gasteiger partial charge on any atom is -0.335 e. The second-order valence-electron chi connectivity index (χ2n) is 7.70. The lowest BCUT2D eigenvalue weighted by Gasteiger charge is -2.29. The van der Waals surface area contributed by atoms with Crippen molar-refractivity contribution in [1.82, 2.24) is 15.5 Å².